The average Bonchev–Trinajstić information content (AvgIpc) is 2.59. The number of benzene rings is 1. The van der Waals surface area contributed by atoms with E-state index in [1.807, 2.05) is 56.3 Å². The topological polar surface area (TPSA) is 65.5 Å². The molecule has 0 fully saturated rings. The van der Waals surface area contributed by atoms with Crippen LogP contribution in [0.2, 0.25) is 0 Å². The summed E-state index contributed by atoms with van der Waals surface area (Å²) in [4.78, 5) is 18.0. The van der Waals surface area contributed by atoms with E-state index in [0.717, 1.165) is 16.8 Å². The van der Waals surface area contributed by atoms with E-state index in [-0.39, 0.29) is 12.6 Å². The number of carbonyl (C=O) groups excluding carboxylic acids is 1. The van der Waals surface area contributed by atoms with Crippen LogP contribution in [-0.4, -0.2) is 34.1 Å². The van der Waals surface area contributed by atoms with Crippen LogP contribution in [0.1, 0.15) is 29.8 Å². The van der Waals surface area contributed by atoms with Crippen molar-refractivity contribution in [2.45, 2.75) is 26.5 Å². The molecule has 0 saturated carbocycles. The first kappa shape index (κ1) is 17.0. The summed E-state index contributed by atoms with van der Waals surface area (Å²) in [5, 5.41) is 13.1. The summed E-state index contributed by atoms with van der Waals surface area (Å²) in [6.45, 7) is 5.04. The van der Waals surface area contributed by atoms with E-state index >= 15 is 0 Å². The zero-order chi connectivity index (χ0) is 16.7. The molecule has 0 radical (unpaired) electrons. The number of nitrogens with zero attached hydrogens (tertiary/aromatic N) is 2. The van der Waals surface area contributed by atoms with Gasteiger partial charge in [0.15, 0.2) is 0 Å². The van der Waals surface area contributed by atoms with Crippen molar-refractivity contribution in [1.82, 2.24) is 15.2 Å². The second-order valence-electron chi connectivity index (χ2n) is 5.44. The van der Waals surface area contributed by atoms with Gasteiger partial charge in [-0.2, -0.15) is 0 Å². The Bertz CT molecular complexity index is 614. The standard InChI is InChI=1S/C18H23N3O2/c1-3-21(13-17(22)15-9-7-14(2)8-10-15)18(23)20-12-16-6-4-5-11-19-16/h4-11,17,22H,3,12-13H2,1-2H3,(H,20,23). The van der Waals surface area contributed by atoms with Gasteiger partial charge in [-0.15, -0.1) is 0 Å². The van der Waals surface area contributed by atoms with Crippen molar-refractivity contribution < 1.29 is 9.90 Å². The van der Waals surface area contributed by atoms with Gasteiger partial charge in [0.2, 0.25) is 0 Å². The third-order valence-electron chi connectivity index (χ3n) is 3.67. The summed E-state index contributed by atoms with van der Waals surface area (Å²) < 4.78 is 0. The van der Waals surface area contributed by atoms with Crippen LogP contribution < -0.4 is 5.32 Å². The first-order chi connectivity index (χ1) is 11.1. The fourth-order valence-electron chi connectivity index (χ4n) is 2.24. The van der Waals surface area contributed by atoms with Crippen LogP contribution in [-0.2, 0) is 6.54 Å². The molecule has 2 N–H and O–H groups in total. The number of urea groups is 1. The van der Waals surface area contributed by atoms with Gasteiger partial charge in [0.25, 0.3) is 0 Å². The molecule has 2 aromatic rings. The van der Waals surface area contributed by atoms with Crippen molar-refractivity contribution in [3.63, 3.8) is 0 Å². The number of nitrogens with one attached hydrogen (secondary N) is 1. The number of amides is 2. The molecule has 1 heterocycles. The van der Waals surface area contributed by atoms with E-state index in [4.69, 9.17) is 0 Å². The van der Waals surface area contributed by atoms with Gasteiger partial charge in [0, 0.05) is 12.7 Å². The summed E-state index contributed by atoms with van der Waals surface area (Å²) in [5.74, 6) is 0. The van der Waals surface area contributed by atoms with Gasteiger partial charge < -0.3 is 15.3 Å². The minimum Gasteiger partial charge on any atom is -0.387 e. The Morgan fingerprint density at radius 3 is 2.61 bits per heavy atom. The SMILES string of the molecule is CCN(CC(O)c1ccc(C)cc1)C(=O)NCc1ccccn1. The van der Waals surface area contributed by atoms with Gasteiger partial charge in [-0.25, -0.2) is 4.79 Å². The van der Waals surface area contributed by atoms with E-state index in [1.165, 1.54) is 0 Å². The fraction of sp³-hybridized carbons (Fsp3) is 0.333. The third-order valence-corrected chi connectivity index (χ3v) is 3.67. The van der Waals surface area contributed by atoms with E-state index < -0.39 is 6.10 Å². The summed E-state index contributed by atoms with van der Waals surface area (Å²) in [6, 6.07) is 13.1. The van der Waals surface area contributed by atoms with E-state index in [1.54, 1.807) is 11.1 Å². The molecule has 0 aliphatic rings. The second-order valence-corrected chi connectivity index (χ2v) is 5.44. The molecule has 23 heavy (non-hydrogen) atoms. The van der Waals surface area contributed by atoms with Gasteiger partial charge >= 0.3 is 6.03 Å². The van der Waals surface area contributed by atoms with E-state index in [0.29, 0.717) is 13.1 Å². The van der Waals surface area contributed by atoms with Crippen LogP contribution in [0.5, 0.6) is 0 Å². The fourth-order valence-corrected chi connectivity index (χ4v) is 2.24. The molecule has 2 amide bonds. The van der Waals surface area contributed by atoms with Crippen molar-refractivity contribution in [2.24, 2.45) is 0 Å². The molecule has 0 spiro atoms. The molecule has 1 unspecified atom stereocenters. The van der Waals surface area contributed by atoms with Gasteiger partial charge in [-0.1, -0.05) is 35.9 Å². The number of hydrogen-bond donors (Lipinski definition) is 2. The van der Waals surface area contributed by atoms with Crippen molar-refractivity contribution >= 4 is 6.03 Å². The monoisotopic (exact) mass is 313 g/mol. The minimum atomic E-state index is -0.698. The summed E-state index contributed by atoms with van der Waals surface area (Å²) in [7, 11) is 0. The van der Waals surface area contributed by atoms with Crippen molar-refractivity contribution in [3.8, 4) is 0 Å². The second kappa shape index (κ2) is 8.29. The van der Waals surface area contributed by atoms with Crippen LogP contribution in [0.3, 0.4) is 0 Å². The molecule has 2 rings (SSSR count). The highest BCUT2D eigenvalue weighted by Crippen LogP contribution is 2.15. The Kier molecular flexibility index (Phi) is 6.11. The molecule has 0 aliphatic carbocycles. The summed E-state index contributed by atoms with van der Waals surface area (Å²) >= 11 is 0. The molecule has 0 bridgehead atoms. The molecular weight excluding hydrogens is 290 g/mol. The Balaban J connectivity index is 1.90. The Labute approximate surface area is 137 Å². The maximum Gasteiger partial charge on any atom is 0.317 e. The number of aliphatic hydroxyl groups is 1. The van der Waals surface area contributed by atoms with Crippen molar-refractivity contribution in [3.05, 3.63) is 65.5 Å². The van der Waals surface area contributed by atoms with Gasteiger partial charge in [-0.3, -0.25) is 4.98 Å². The highest BCUT2D eigenvalue weighted by atomic mass is 16.3. The van der Waals surface area contributed by atoms with Crippen molar-refractivity contribution in [1.29, 1.82) is 0 Å². The Hall–Kier alpha value is -2.40. The van der Waals surface area contributed by atoms with Gasteiger partial charge in [-0.05, 0) is 31.5 Å². The van der Waals surface area contributed by atoms with Crippen molar-refractivity contribution in [2.75, 3.05) is 13.1 Å². The lowest BCUT2D eigenvalue weighted by molar-refractivity contribution is 0.123. The van der Waals surface area contributed by atoms with Crippen LogP contribution in [0.4, 0.5) is 4.79 Å². The quantitative estimate of drug-likeness (QED) is 0.861. The number of hydrogen-bond acceptors (Lipinski definition) is 3. The lowest BCUT2D eigenvalue weighted by atomic mass is 10.1. The number of aromatic nitrogens is 1. The summed E-state index contributed by atoms with van der Waals surface area (Å²) in [5.41, 5.74) is 2.75. The first-order valence-electron chi connectivity index (χ1n) is 7.77. The number of aryl methyl sites for hydroxylation is 1. The third kappa shape index (κ3) is 5.07. The first-order valence-corrected chi connectivity index (χ1v) is 7.77. The number of rotatable bonds is 6. The molecule has 1 aromatic heterocycles. The van der Waals surface area contributed by atoms with Crippen LogP contribution in [0, 0.1) is 6.92 Å². The van der Waals surface area contributed by atoms with Gasteiger partial charge in [0.1, 0.15) is 0 Å². The van der Waals surface area contributed by atoms with Gasteiger partial charge in [0.05, 0.1) is 24.9 Å². The molecule has 1 aromatic carbocycles. The number of aliphatic hydroxyl groups excluding tert-OH is 1. The smallest absolute Gasteiger partial charge is 0.317 e. The Morgan fingerprint density at radius 2 is 2.00 bits per heavy atom. The number of carbonyl (C=O) groups is 1. The number of likely N-dealkylation sites (N-methyl/N-ethyl adjacent to an activating group) is 1. The normalized spacial score (nSPS) is 11.8. The molecule has 1 atom stereocenters. The maximum atomic E-state index is 12.2. The largest absolute Gasteiger partial charge is 0.387 e. The van der Waals surface area contributed by atoms with Crippen LogP contribution in [0.15, 0.2) is 48.7 Å². The molecule has 0 aliphatic heterocycles. The maximum absolute atomic E-state index is 12.2. The molecule has 5 heteroatoms. The zero-order valence-corrected chi connectivity index (χ0v) is 13.6. The molecule has 0 saturated heterocycles. The zero-order valence-electron chi connectivity index (χ0n) is 13.6. The minimum absolute atomic E-state index is 0.204. The lowest BCUT2D eigenvalue weighted by Crippen LogP contribution is -2.41. The molecular formula is C18H23N3O2. The highest BCUT2D eigenvalue weighted by molar-refractivity contribution is 5.74. The van der Waals surface area contributed by atoms with Crippen LogP contribution in [0.25, 0.3) is 0 Å². The van der Waals surface area contributed by atoms with E-state index in [2.05, 4.69) is 10.3 Å². The molecule has 122 valence electrons. The van der Waals surface area contributed by atoms with E-state index in [9.17, 15) is 9.90 Å². The summed E-state index contributed by atoms with van der Waals surface area (Å²) in [6.07, 6.45) is 0.997. The molecule has 5 nitrogen and oxygen atoms in total. The van der Waals surface area contributed by atoms with Crippen LogP contribution >= 0.6 is 0 Å². The highest BCUT2D eigenvalue weighted by Gasteiger charge is 2.17. The predicted octanol–water partition coefficient (Wildman–Crippen LogP) is 2.66. The average molecular weight is 313 g/mol. The lowest BCUT2D eigenvalue weighted by Gasteiger charge is -2.24. The number of pyridine rings is 1. The predicted molar refractivity (Wildman–Crippen MR) is 89.9 cm³/mol. The Morgan fingerprint density at radius 1 is 1.26 bits per heavy atom.